The largest absolute Gasteiger partial charge is 0.399 e. The van der Waals surface area contributed by atoms with Crippen LogP contribution < -0.4 is 11.1 Å². The number of nitrogen functional groups attached to an aromatic ring is 1. The molecule has 1 aliphatic rings. The van der Waals surface area contributed by atoms with Crippen LogP contribution in [0, 0.1) is 0 Å². The van der Waals surface area contributed by atoms with Crippen LogP contribution in [0.2, 0.25) is 0 Å². The van der Waals surface area contributed by atoms with Gasteiger partial charge in [0.05, 0.1) is 5.52 Å². The molecule has 21 heavy (non-hydrogen) atoms. The zero-order chi connectivity index (χ0) is 14.7. The third-order valence-corrected chi connectivity index (χ3v) is 4.37. The Morgan fingerprint density at radius 2 is 2.10 bits per heavy atom. The van der Waals surface area contributed by atoms with E-state index >= 15 is 0 Å². The molecule has 1 fully saturated rings. The molecule has 0 bridgehead atoms. The van der Waals surface area contributed by atoms with E-state index in [9.17, 15) is 0 Å². The van der Waals surface area contributed by atoms with E-state index in [1.165, 1.54) is 25.7 Å². The fourth-order valence-corrected chi connectivity index (χ4v) is 3.09. The van der Waals surface area contributed by atoms with E-state index in [0.29, 0.717) is 0 Å². The van der Waals surface area contributed by atoms with Gasteiger partial charge in [-0.1, -0.05) is 12.8 Å². The smallest absolute Gasteiger partial charge is 0.137 e. The average molecular weight is 285 g/mol. The highest BCUT2D eigenvalue weighted by Crippen LogP contribution is 2.23. The molecule has 0 saturated heterocycles. The lowest BCUT2D eigenvalue weighted by Crippen LogP contribution is -2.33. The Kier molecular flexibility index (Phi) is 4.20. The van der Waals surface area contributed by atoms with E-state index in [-0.39, 0.29) is 0 Å². The second kappa shape index (κ2) is 6.26. The molecule has 0 atom stereocenters. The molecule has 1 aromatic heterocycles. The van der Waals surface area contributed by atoms with Crippen molar-refractivity contribution >= 4 is 22.4 Å². The first-order chi connectivity index (χ1) is 10.2. The Bertz CT molecular complexity index is 607. The van der Waals surface area contributed by atoms with Gasteiger partial charge in [-0.3, -0.25) is 0 Å². The van der Waals surface area contributed by atoms with Crippen molar-refractivity contribution in [3.63, 3.8) is 0 Å². The number of benzene rings is 1. The molecule has 0 aliphatic heterocycles. The first-order valence-electron chi connectivity index (χ1n) is 7.68. The minimum atomic E-state index is 0.730. The molecule has 112 valence electrons. The quantitative estimate of drug-likeness (QED) is 0.826. The second-order valence-corrected chi connectivity index (χ2v) is 5.84. The number of aromatic nitrogens is 2. The van der Waals surface area contributed by atoms with Crippen LogP contribution in [0.4, 0.5) is 11.5 Å². The molecule has 1 heterocycles. The molecule has 0 amide bonds. The summed E-state index contributed by atoms with van der Waals surface area (Å²) in [6, 6.07) is 6.51. The molecule has 0 unspecified atom stereocenters. The Hall–Kier alpha value is -1.88. The summed E-state index contributed by atoms with van der Waals surface area (Å²) in [5, 5.41) is 4.45. The van der Waals surface area contributed by atoms with Crippen LogP contribution in [0.5, 0.6) is 0 Å². The number of hydrogen-bond donors (Lipinski definition) is 2. The SMILES string of the molecule is CN(CCNc1ncnc2cc(N)ccc12)C1CCCC1. The number of likely N-dealkylation sites (N-methyl/N-ethyl adjacent to an activating group) is 1. The third-order valence-electron chi connectivity index (χ3n) is 4.37. The zero-order valence-electron chi connectivity index (χ0n) is 12.5. The zero-order valence-corrected chi connectivity index (χ0v) is 12.5. The maximum Gasteiger partial charge on any atom is 0.137 e. The number of nitrogens with one attached hydrogen (secondary N) is 1. The predicted octanol–water partition coefficient (Wildman–Crippen LogP) is 2.50. The van der Waals surface area contributed by atoms with E-state index in [2.05, 4.69) is 27.2 Å². The van der Waals surface area contributed by atoms with Crippen LogP contribution in [0.25, 0.3) is 10.9 Å². The number of fused-ring (bicyclic) bond motifs is 1. The number of nitrogens with two attached hydrogens (primary N) is 1. The maximum absolute atomic E-state index is 5.80. The highest BCUT2D eigenvalue weighted by Gasteiger charge is 2.18. The molecule has 5 heteroatoms. The van der Waals surface area contributed by atoms with Crippen LogP contribution in [0.1, 0.15) is 25.7 Å². The van der Waals surface area contributed by atoms with Gasteiger partial charge in [-0.15, -0.1) is 0 Å². The minimum absolute atomic E-state index is 0.730. The highest BCUT2D eigenvalue weighted by atomic mass is 15.2. The number of rotatable bonds is 5. The van der Waals surface area contributed by atoms with Crippen molar-refractivity contribution in [3.8, 4) is 0 Å². The summed E-state index contributed by atoms with van der Waals surface area (Å²) in [6.07, 6.45) is 7.02. The van der Waals surface area contributed by atoms with Crippen molar-refractivity contribution in [3.05, 3.63) is 24.5 Å². The van der Waals surface area contributed by atoms with Gasteiger partial charge in [0.1, 0.15) is 12.1 Å². The molecule has 2 aromatic rings. The van der Waals surface area contributed by atoms with Gasteiger partial charge in [-0.2, -0.15) is 0 Å². The molecule has 3 N–H and O–H groups in total. The van der Waals surface area contributed by atoms with Gasteiger partial charge in [0.25, 0.3) is 0 Å². The van der Waals surface area contributed by atoms with Gasteiger partial charge in [-0.05, 0) is 38.1 Å². The average Bonchev–Trinajstić information content (AvgIpc) is 3.01. The van der Waals surface area contributed by atoms with Crippen molar-refractivity contribution < 1.29 is 0 Å². The summed E-state index contributed by atoms with van der Waals surface area (Å²) in [5.74, 6) is 0.889. The van der Waals surface area contributed by atoms with Crippen molar-refractivity contribution in [1.82, 2.24) is 14.9 Å². The Morgan fingerprint density at radius 3 is 2.90 bits per heavy atom. The number of hydrogen-bond acceptors (Lipinski definition) is 5. The molecule has 0 spiro atoms. The molecule has 0 radical (unpaired) electrons. The molecule has 1 saturated carbocycles. The van der Waals surface area contributed by atoms with Crippen LogP contribution in [-0.4, -0.2) is 41.0 Å². The normalized spacial score (nSPS) is 15.9. The first kappa shape index (κ1) is 14.1. The monoisotopic (exact) mass is 285 g/mol. The van der Waals surface area contributed by atoms with E-state index in [1.807, 2.05) is 18.2 Å². The Balaban J connectivity index is 1.62. The van der Waals surface area contributed by atoms with Crippen LogP contribution >= 0.6 is 0 Å². The molecule has 1 aromatic carbocycles. The Labute approximate surface area is 125 Å². The fourth-order valence-electron chi connectivity index (χ4n) is 3.09. The van der Waals surface area contributed by atoms with E-state index < -0.39 is 0 Å². The van der Waals surface area contributed by atoms with Gasteiger partial charge in [-0.25, -0.2) is 9.97 Å². The summed E-state index contributed by atoms with van der Waals surface area (Å²) in [5.41, 5.74) is 7.41. The molecular weight excluding hydrogens is 262 g/mol. The minimum Gasteiger partial charge on any atom is -0.399 e. The maximum atomic E-state index is 5.80. The Morgan fingerprint density at radius 1 is 1.29 bits per heavy atom. The van der Waals surface area contributed by atoms with E-state index in [1.54, 1.807) is 6.33 Å². The summed E-state index contributed by atoms with van der Waals surface area (Å²) >= 11 is 0. The highest BCUT2D eigenvalue weighted by molar-refractivity contribution is 5.90. The van der Waals surface area contributed by atoms with Crippen LogP contribution in [0.15, 0.2) is 24.5 Å². The lowest BCUT2D eigenvalue weighted by Gasteiger charge is -2.24. The summed E-state index contributed by atoms with van der Waals surface area (Å²) in [4.78, 5) is 11.1. The lowest BCUT2D eigenvalue weighted by molar-refractivity contribution is 0.254. The van der Waals surface area contributed by atoms with Gasteiger partial charge in [0.15, 0.2) is 0 Å². The van der Waals surface area contributed by atoms with Gasteiger partial charge in [0, 0.05) is 30.2 Å². The van der Waals surface area contributed by atoms with Gasteiger partial charge >= 0.3 is 0 Å². The fraction of sp³-hybridized carbons (Fsp3) is 0.500. The number of anilines is 2. The molecule has 1 aliphatic carbocycles. The van der Waals surface area contributed by atoms with Gasteiger partial charge in [0.2, 0.25) is 0 Å². The van der Waals surface area contributed by atoms with Crippen molar-refractivity contribution in [2.75, 3.05) is 31.2 Å². The molecular formula is C16H23N5. The lowest BCUT2D eigenvalue weighted by atomic mass is 10.2. The number of nitrogens with zero attached hydrogens (tertiary/aromatic N) is 3. The summed E-state index contributed by atoms with van der Waals surface area (Å²) in [6.45, 7) is 1.93. The summed E-state index contributed by atoms with van der Waals surface area (Å²) in [7, 11) is 2.22. The van der Waals surface area contributed by atoms with Crippen LogP contribution in [-0.2, 0) is 0 Å². The van der Waals surface area contributed by atoms with E-state index in [4.69, 9.17) is 5.73 Å². The van der Waals surface area contributed by atoms with E-state index in [0.717, 1.165) is 41.5 Å². The van der Waals surface area contributed by atoms with Crippen LogP contribution in [0.3, 0.4) is 0 Å². The topological polar surface area (TPSA) is 67.1 Å². The van der Waals surface area contributed by atoms with Crippen molar-refractivity contribution in [2.24, 2.45) is 0 Å². The van der Waals surface area contributed by atoms with Crippen molar-refractivity contribution in [1.29, 1.82) is 0 Å². The van der Waals surface area contributed by atoms with Gasteiger partial charge < -0.3 is 16.0 Å². The molecule has 5 nitrogen and oxygen atoms in total. The standard InChI is InChI=1S/C16H23N5/c1-21(13-4-2-3-5-13)9-8-18-16-14-7-6-12(17)10-15(14)19-11-20-16/h6-7,10-11,13H,2-5,8-9,17H2,1H3,(H,18,19,20). The molecule has 3 rings (SSSR count). The summed E-state index contributed by atoms with van der Waals surface area (Å²) < 4.78 is 0. The van der Waals surface area contributed by atoms with Crippen molar-refractivity contribution in [2.45, 2.75) is 31.7 Å². The second-order valence-electron chi connectivity index (χ2n) is 5.84. The predicted molar refractivity (Wildman–Crippen MR) is 87.3 cm³/mol. The first-order valence-corrected chi connectivity index (χ1v) is 7.68. The third kappa shape index (κ3) is 3.24.